The number of carboxylic acid groups (broad SMARTS) is 1. The van der Waals surface area contributed by atoms with Gasteiger partial charge < -0.3 is 15.7 Å². The van der Waals surface area contributed by atoms with Crippen LogP contribution in [0.1, 0.15) is 49.7 Å². The Bertz CT molecular complexity index is 1390. The summed E-state index contributed by atoms with van der Waals surface area (Å²) in [6.07, 6.45) is 0.687. The van der Waals surface area contributed by atoms with Gasteiger partial charge in [-0.1, -0.05) is 60.1 Å². The number of hydrazine groups is 1. The molecule has 0 spiro atoms. The molecule has 4 rings (SSSR count). The van der Waals surface area contributed by atoms with Crippen molar-refractivity contribution in [2.24, 2.45) is 0 Å². The average molecular weight is 643 g/mol. The second-order valence-electron chi connectivity index (χ2n) is 10.7. The van der Waals surface area contributed by atoms with Crippen LogP contribution in [0.5, 0.6) is 0 Å². The van der Waals surface area contributed by atoms with Gasteiger partial charge in [0.1, 0.15) is 12.1 Å². The molecule has 3 N–H and O–H groups in total. The molecule has 0 radical (unpaired) electrons. The number of hydrogen-bond donors (Lipinski definition) is 3. The molecular weight excluding hydrogens is 608 g/mol. The Morgan fingerprint density at radius 1 is 1.02 bits per heavy atom. The highest BCUT2D eigenvalue weighted by Gasteiger charge is 2.45. The zero-order valence-corrected chi connectivity index (χ0v) is 25.6. The Morgan fingerprint density at radius 3 is 2.48 bits per heavy atom. The van der Waals surface area contributed by atoms with Crippen molar-refractivity contribution >= 4 is 58.7 Å². The molecule has 2 aromatic rings. The van der Waals surface area contributed by atoms with E-state index in [1.807, 2.05) is 42.5 Å². The second-order valence-corrected chi connectivity index (χ2v) is 12.1. The zero-order valence-electron chi connectivity index (χ0n) is 24.1. The summed E-state index contributed by atoms with van der Waals surface area (Å²) in [6, 6.07) is 13.1. The first-order valence-electron chi connectivity index (χ1n) is 14.5. The van der Waals surface area contributed by atoms with Crippen LogP contribution in [0.2, 0.25) is 5.02 Å². The highest BCUT2D eigenvalue weighted by atomic mass is 35.5. The van der Waals surface area contributed by atoms with Crippen LogP contribution >= 0.6 is 23.4 Å². The van der Waals surface area contributed by atoms with Crippen molar-refractivity contribution in [1.29, 1.82) is 0 Å². The summed E-state index contributed by atoms with van der Waals surface area (Å²) in [6.45, 7) is 0.221. The smallest absolute Gasteiger partial charge is 0.305 e. The Hall–Kier alpha value is -3.90. The van der Waals surface area contributed by atoms with Crippen LogP contribution in [0.15, 0.2) is 54.6 Å². The van der Waals surface area contributed by atoms with Crippen molar-refractivity contribution < 1.29 is 33.9 Å². The normalized spacial score (nSPS) is 19.0. The molecule has 3 atom stereocenters. The fraction of sp³-hybridized carbons (Fsp3) is 0.419. The summed E-state index contributed by atoms with van der Waals surface area (Å²) in [5.74, 6) is -3.46. The van der Waals surface area contributed by atoms with Gasteiger partial charge in [-0.15, -0.1) is 11.8 Å². The lowest BCUT2D eigenvalue weighted by molar-refractivity contribution is -0.176. The van der Waals surface area contributed by atoms with E-state index in [1.165, 1.54) is 16.8 Å². The minimum absolute atomic E-state index is 0.00297. The molecule has 0 unspecified atom stereocenters. The SMILES string of the molecule is O=C(O)C[C@H](NC(=O)[C@@H]1CCCN2C(=O)CC[C@H](NC(=O)CCc3ccccc3)C(=O)N12)C(=O)CSCc1ccccc1Cl. The number of ketones is 1. The predicted octanol–water partition coefficient (Wildman–Crippen LogP) is 2.75. The fourth-order valence-electron chi connectivity index (χ4n) is 5.24. The lowest BCUT2D eigenvalue weighted by Crippen LogP contribution is -2.64. The summed E-state index contributed by atoms with van der Waals surface area (Å²) < 4.78 is 0. The molecule has 2 heterocycles. The molecule has 234 valence electrons. The van der Waals surface area contributed by atoms with Crippen molar-refractivity contribution in [2.45, 2.75) is 68.8 Å². The molecule has 2 aliphatic rings. The largest absolute Gasteiger partial charge is 0.481 e. The average Bonchev–Trinajstić information content (AvgIpc) is 3.13. The van der Waals surface area contributed by atoms with Gasteiger partial charge in [-0.3, -0.25) is 33.8 Å². The standard InChI is InChI=1S/C31H35ClN4O7S/c32-22-10-5-4-9-21(22)18-44-19-26(37)24(17-29(40)41)34-30(42)25-11-6-16-35-28(39)15-13-23(31(43)36(25)35)33-27(38)14-12-20-7-2-1-3-8-20/h1-5,7-10,23-25H,6,11-19H2,(H,33,38)(H,34,42)(H,40,41)/t23-,24-,25-/m0/s1. The van der Waals surface area contributed by atoms with E-state index in [4.69, 9.17) is 11.6 Å². The second kappa shape index (κ2) is 15.7. The van der Waals surface area contributed by atoms with E-state index in [9.17, 15) is 33.9 Å². The van der Waals surface area contributed by atoms with Crippen molar-refractivity contribution in [3.63, 3.8) is 0 Å². The molecule has 44 heavy (non-hydrogen) atoms. The maximum Gasteiger partial charge on any atom is 0.305 e. The molecule has 11 nitrogen and oxygen atoms in total. The minimum atomic E-state index is -1.33. The number of benzene rings is 2. The lowest BCUT2D eigenvalue weighted by atomic mass is 10.0. The highest BCUT2D eigenvalue weighted by Crippen LogP contribution is 2.26. The maximum absolute atomic E-state index is 13.7. The molecule has 2 aromatic carbocycles. The number of halogens is 1. The van der Waals surface area contributed by atoms with E-state index in [2.05, 4.69) is 10.6 Å². The molecule has 0 aromatic heterocycles. The first kappa shape index (κ1) is 33.0. The summed E-state index contributed by atoms with van der Waals surface area (Å²) in [4.78, 5) is 77.6. The number of nitrogens with one attached hydrogen (secondary N) is 2. The van der Waals surface area contributed by atoms with Crippen LogP contribution in [-0.2, 0) is 40.9 Å². The zero-order chi connectivity index (χ0) is 31.6. The predicted molar refractivity (Wildman–Crippen MR) is 164 cm³/mol. The summed E-state index contributed by atoms with van der Waals surface area (Å²) in [5, 5.41) is 17.6. The van der Waals surface area contributed by atoms with E-state index in [0.29, 0.717) is 23.6 Å². The molecule has 2 saturated heterocycles. The van der Waals surface area contributed by atoms with E-state index < -0.39 is 48.1 Å². The van der Waals surface area contributed by atoms with Crippen LogP contribution in [0, 0.1) is 0 Å². The highest BCUT2D eigenvalue weighted by molar-refractivity contribution is 7.99. The first-order valence-corrected chi connectivity index (χ1v) is 16.0. The third kappa shape index (κ3) is 8.82. The number of thioether (sulfide) groups is 1. The molecule has 0 aliphatic carbocycles. The van der Waals surface area contributed by atoms with E-state index in [0.717, 1.165) is 16.1 Å². The number of Topliss-reactive ketones (excluding diaryl/α,β-unsaturated/α-hetero) is 1. The van der Waals surface area contributed by atoms with Crippen molar-refractivity contribution in [3.05, 3.63) is 70.7 Å². The van der Waals surface area contributed by atoms with Crippen molar-refractivity contribution in [3.8, 4) is 0 Å². The van der Waals surface area contributed by atoms with Gasteiger partial charge in [-0.05, 0) is 42.9 Å². The topological polar surface area (TPSA) is 153 Å². The molecule has 13 heteroatoms. The maximum atomic E-state index is 13.7. The molecule has 2 fully saturated rings. The number of amides is 4. The monoisotopic (exact) mass is 642 g/mol. The number of aliphatic carboxylic acids is 1. The Kier molecular flexibility index (Phi) is 11.8. The fourth-order valence-corrected chi connectivity index (χ4v) is 6.50. The van der Waals surface area contributed by atoms with Gasteiger partial charge in [0, 0.05) is 30.2 Å². The third-order valence-corrected chi connectivity index (χ3v) is 8.90. The van der Waals surface area contributed by atoms with E-state index in [1.54, 1.807) is 12.1 Å². The number of carbonyl (C=O) groups is 6. The number of rotatable bonds is 13. The number of hydrogen-bond acceptors (Lipinski definition) is 7. The van der Waals surface area contributed by atoms with Gasteiger partial charge in [-0.25, -0.2) is 5.01 Å². The number of aryl methyl sites for hydroxylation is 1. The minimum Gasteiger partial charge on any atom is -0.481 e. The number of carboxylic acids is 1. The third-order valence-electron chi connectivity index (χ3n) is 7.53. The Labute approximate surface area is 264 Å². The van der Waals surface area contributed by atoms with Gasteiger partial charge in [0.25, 0.3) is 5.91 Å². The quantitative estimate of drug-likeness (QED) is 0.302. The van der Waals surface area contributed by atoms with Gasteiger partial charge in [0.15, 0.2) is 5.78 Å². The summed E-state index contributed by atoms with van der Waals surface area (Å²) in [5.41, 5.74) is 1.79. The van der Waals surface area contributed by atoms with Crippen LogP contribution in [0.4, 0.5) is 0 Å². The summed E-state index contributed by atoms with van der Waals surface area (Å²) in [7, 11) is 0. The first-order chi connectivity index (χ1) is 21.1. The van der Waals surface area contributed by atoms with Crippen LogP contribution in [0.25, 0.3) is 0 Å². The molecule has 2 aliphatic heterocycles. The molecule has 0 bridgehead atoms. The summed E-state index contributed by atoms with van der Waals surface area (Å²) >= 11 is 7.42. The van der Waals surface area contributed by atoms with E-state index in [-0.39, 0.29) is 49.8 Å². The number of carbonyl (C=O) groups excluding carboxylic acids is 5. The number of nitrogens with zero attached hydrogens (tertiary/aromatic N) is 2. The van der Waals surface area contributed by atoms with Gasteiger partial charge >= 0.3 is 5.97 Å². The van der Waals surface area contributed by atoms with Crippen molar-refractivity contribution in [1.82, 2.24) is 20.7 Å². The van der Waals surface area contributed by atoms with Gasteiger partial charge in [-0.2, -0.15) is 0 Å². The van der Waals surface area contributed by atoms with Crippen LogP contribution in [0.3, 0.4) is 0 Å². The Morgan fingerprint density at radius 2 is 1.75 bits per heavy atom. The number of fused-ring (bicyclic) bond motifs is 1. The molecular formula is C31H35ClN4O7S. The van der Waals surface area contributed by atoms with Crippen LogP contribution in [-0.4, -0.2) is 80.9 Å². The molecule has 4 amide bonds. The Balaban J connectivity index is 1.42. The van der Waals surface area contributed by atoms with Crippen LogP contribution < -0.4 is 10.6 Å². The van der Waals surface area contributed by atoms with Gasteiger partial charge in [0.05, 0.1) is 18.2 Å². The molecule has 0 saturated carbocycles. The van der Waals surface area contributed by atoms with Crippen molar-refractivity contribution in [2.75, 3.05) is 12.3 Å². The van der Waals surface area contributed by atoms with Gasteiger partial charge in [0.2, 0.25) is 17.7 Å². The van der Waals surface area contributed by atoms with E-state index >= 15 is 0 Å². The lowest BCUT2D eigenvalue weighted by Gasteiger charge is -2.43.